The molecular formula is C40H30F6O8. The van der Waals surface area contributed by atoms with E-state index in [9.17, 15) is 0 Å². The smallest absolute Gasteiger partial charge is 0.380 e. The number of ether oxygens (including phenoxy) is 6. The first-order valence-electron chi connectivity index (χ1n) is 16.3. The highest BCUT2D eigenvalue weighted by Crippen LogP contribution is 2.70. The number of fused-ring (bicyclic) bond motifs is 8. The lowest BCUT2D eigenvalue weighted by atomic mass is 9.68. The predicted molar refractivity (Wildman–Crippen MR) is 185 cm³/mol. The molecule has 14 heteroatoms. The first kappa shape index (κ1) is 35.1. The Balaban J connectivity index is 1.70. The number of allylic oxidation sites excluding steroid dienone is 2. The van der Waals surface area contributed by atoms with Gasteiger partial charge < -0.3 is 37.3 Å². The second kappa shape index (κ2) is 11.8. The van der Waals surface area contributed by atoms with Gasteiger partial charge in [0.25, 0.3) is 0 Å². The van der Waals surface area contributed by atoms with Crippen molar-refractivity contribution < 1.29 is 63.6 Å². The topological polar surface area (TPSA) is 81.7 Å². The minimum Gasteiger partial charge on any atom is -0.497 e. The summed E-state index contributed by atoms with van der Waals surface area (Å²) >= 11 is 0. The standard InChI is InChI=1S/C40H30F6O8/c1-47-21-9-11-23-27(17-21)53-35-31(23)33-34(39(43,44)40(45,46)38(33,41)42)32-24-12-10-22(48-2)18-28(24)54-36(32)37(35,19-7-13-25(49-3)29(15-19)51-5)20-8-14-26(50-4)30(16-20)52-6/h7-18H,1-6H3. The monoisotopic (exact) mass is 752 g/mol. The van der Waals surface area contributed by atoms with Crippen molar-refractivity contribution in [3.05, 3.63) is 107 Å². The van der Waals surface area contributed by atoms with Gasteiger partial charge in [-0.15, -0.1) is 0 Å². The lowest BCUT2D eigenvalue weighted by Gasteiger charge is -2.34. The Labute approximate surface area is 303 Å². The summed E-state index contributed by atoms with van der Waals surface area (Å²) in [4.78, 5) is 0. The third-order valence-electron chi connectivity index (χ3n) is 10.3. The van der Waals surface area contributed by atoms with Crippen LogP contribution >= 0.6 is 0 Å². The number of methoxy groups -OCH3 is 6. The number of benzene rings is 4. The summed E-state index contributed by atoms with van der Waals surface area (Å²) in [6.45, 7) is 0. The fourth-order valence-electron chi connectivity index (χ4n) is 7.75. The minimum atomic E-state index is -5.88. The molecular weight excluding hydrogens is 722 g/mol. The molecule has 0 bridgehead atoms. The highest BCUT2D eigenvalue weighted by atomic mass is 19.3. The first-order chi connectivity index (χ1) is 25.8. The molecule has 8 rings (SSSR count). The molecule has 4 aromatic carbocycles. The number of alkyl halides is 6. The van der Waals surface area contributed by atoms with Gasteiger partial charge in [-0.2, -0.15) is 26.3 Å². The Hall–Kier alpha value is -5.92. The van der Waals surface area contributed by atoms with Crippen molar-refractivity contribution >= 4 is 33.1 Å². The molecule has 0 aliphatic heterocycles. The molecule has 0 fully saturated rings. The highest BCUT2D eigenvalue weighted by Gasteiger charge is 2.82. The third-order valence-corrected chi connectivity index (χ3v) is 10.3. The summed E-state index contributed by atoms with van der Waals surface area (Å²) < 4.78 is 145. The molecule has 0 radical (unpaired) electrons. The van der Waals surface area contributed by atoms with Crippen LogP contribution in [0.25, 0.3) is 33.1 Å². The van der Waals surface area contributed by atoms with Crippen molar-refractivity contribution in [3.63, 3.8) is 0 Å². The highest BCUT2D eigenvalue weighted by molar-refractivity contribution is 6.14. The number of furan rings is 2. The van der Waals surface area contributed by atoms with Crippen LogP contribution in [-0.2, 0) is 5.41 Å². The molecule has 54 heavy (non-hydrogen) atoms. The molecule has 0 atom stereocenters. The van der Waals surface area contributed by atoms with E-state index in [4.69, 9.17) is 37.3 Å². The zero-order valence-corrected chi connectivity index (χ0v) is 29.5. The quantitative estimate of drug-likeness (QED) is 0.142. The van der Waals surface area contributed by atoms with E-state index in [1.54, 1.807) is 12.1 Å². The van der Waals surface area contributed by atoms with E-state index in [1.807, 2.05) is 0 Å². The fraction of sp³-hybridized carbons (Fsp3) is 0.250. The summed E-state index contributed by atoms with van der Waals surface area (Å²) in [5.74, 6) is -16.3. The Bertz CT molecular complexity index is 2360. The largest absolute Gasteiger partial charge is 0.497 e. The van der Waals surface area contributed by atoms with Gasteiger partial charge in [0.05, 0.1) is 42.7 Å². The summed E-state index contributed by atoms with van der Waals surface area (Å²) in [6, 6.07) is 17.2. The Morgan fingerprint density at radius 3 is 1.19 bits per heavy atom. The van der Waals surface area contributed by atoms with Gasteiger partial charge in [-0.05, 0) is 59.7 Å². The molecule has 0 amide bonds. The summed E-state index contributed by atoms with van der Waals surface area (Å²) in [6.07, 6.45) is 0. The maximum absolute atomic E-state index is 16.7. The Morgan fingerprint density at radius 1 is 0.444 bits per heavy atom. The van der Waals surface area contributed by atoms with Crippen molar-refractivity contribution in [1.82, 2.24) is 0 Å². The molecule has 0 saturated carbocycles. The van der Waals surface area contributed by atoms with E-state index in [0.717, 1.165) is 0 Å². The average molecular weight is 753 g/mol. The predicted octanol–water partition coefficient (Wildman–Crippen LogP) is 9.76. The number of hydrogen-bond donors (Lipinski definition) is 0. The minimum absolute atomic E-state index is 0.118. The van der Waals surface area contributed by atoms with Crippen LogP contribution in [0.4, 0.5) is 26.3 Å². The van der Waals surface area contributed by atoms with Gasteiger partial charge in [0.15, 0.2) is 23.0 Å². The molecule has 280 valence electrons. The molecule has 8 nitrogen and oxygen atoms in total. The molecule has 0 spiro atoms. The van der Waals surface area contributed by atoms with Crippen molar-refractivity contribution in [2.45, 2.75) is 23.2 Å². The van der Waals surface area contributed by atoms with Gasteiger partial charge in [-0.1, -0.05) is 12.1 Å². The van der Waals surface area contributed by atoms with E-state index in [2.05, 4.69) is 0 Å². The van der Waals surface area contributed by atoms with E-state index in [0.29, 0.717) is 0 Å². The lowest BCUT2D eigenvalue weighted by molar-refractivity contribution is -0.254. The normalized spacial score (nSPS) is 17.4. The van der Waals surface area contributed by atoms with Crippen LogP contribution in [0.1, 0.15) is 33.8 Å². The molecule has 6 aromatic rings. The molecule has 2 aliphatic rings. The van der Waals surface area contributed by atoms with Crippen LogP contribution in [0.2, 0.25) is 0 Å². The molecule has 0 unspecified atom stereocenters. The number of halogens is 6. The van der Waals surface area contributed by atoms with Crippen molar-refractivity contribution in [2.24, 2.45) is 0 Å². The van der Waals surface area contributed by atoms with Crippen molar-refractivity contribution in [3.8, 4) is 34.5 Å². The molecule has 2 aliphatic carbocycles. The van der Waals surface area contributed by atoms with E-state index < -0.39 is 57.0 Å². The zero-order valence-electron chi connectivity index (χ0n) is 29.5. The van der Waals surface area contributed by atoms with E-state index in [-0.39, 0.29) is 67.6 Å². The van der Waals surface area contributed by atoms with Gasteiger partial charge in [0.2, 0.25) is 0 Å². The average Bonchev–Trinajstić information content (AvgIpc) is 3.74. The SMILES string of the molecule is COc1ccc2c3c(oc2c1)C(c1ccc(OC)c(OC)c1)(c1ccc(OC)c(OC)c1)c1oc2cc(OC)ccc2c1C1=C3C(F)(F)C(F)(F)C1(F)F. The number of rotatable bonds is 8. The Morgan fingerprint density at radius 2 is 0.833 bits per heavy atom. The van der Waals surface area contributed by atoms with Crippen LogP contribution in [-0.4, -0.2) is 60.4 Å². The van der Waals surface area contributed by atoms with Gasteiger partial charge in [-0.3, -0.25) is 0 Å². The maximum Gasteiger partial charge on any atom is 0.380 e. The summed E-state index contributed by atoms with van der Waals surface area (Å²) in [5.41, 5.74) is -6.60. The second-order valence-electron chi connectivity index (χ2n) is 12.7. The first-order valence-corrected chi connectivity index (χ1v) is 16.3. The third kappa shape index (κ3) is 4.27. The van der Waals surface area contributed by atoms with E-state index in [1.165, 1.54) is 103 Å². The van der Waals surface area contributed by atoms with Gasteiger partial charge in [0, 0.05) is 45.2 Å². The summed E-state index contributed by atoms with van der Waals surface area (Å²) in [7, 11) is 8.26. The Kier molecular flexibility index (Phi) is 7.67. The molecule has 2 aromatic heterocycles. The zero-order chi connectivity index (χ0) is 38.5. The summed E-state index contributed by atoms with van der Waals surface area (Å²) in [5, 5.41) is -0.319. The van der Waals surface area contributed by atoms with Crippen LogP contribution in [0.15, 0.2) is 81.6 Å². The fourth-order valence-corrected chi connectivity index (χ4v) is 7.75. The van der Waals surface area contributed by atoms with Gasteiger partial charge >= 0.3 is 17.8 Å². The van der Waals surface area contributed by atoms with Crippen molar-refractivity contribution in [1.29, 1.82) is 0 Å². The van der Waals surface area contributed by atoms with Crippen LogP contribution in [0.3, 0.4) is 0 Å². The van der Waals surface area contributed by atoms with Gasteiger partial charge in [-0.25, -0.2) is 0 Å². The van der Waals surface area contributed by atoms with Crippen molar-refractivity contribution in [2.75, 3.05) is 42.7 Å². The van der Waals surface area contributed by atoms with Crippen LogP contribution in [0, 0.1) is 0 Å². The van der Waals surface area contributed by atoms with Gasteiger partial charge in [0.1, 0.15) is 39.6 Å². The second-order valence-corrected chi connectivity index (χ2v) is 12.7. The maximum atomic E-state index is 16.7. The van der Waals surface area contributed by atoms with E-state index >= 15 is 26.3 Å². The lowest BCUT2D eigenvalue weighted by Crippen LogP contribution is -2.49. The molecule has 2 heterocycles. The molecule has 0 N–H and O–H groups in total. The van der Waals surface area contributed by atoms with Crippen LogP contribution < -0.4 is 28.4 Å². The van der Waals surface area contributed by atoms with Crippen LogP contribution in [0.5, 0.6) is 34.5 Å². The number of hydrogen-bond acceptors (Lipinski definition) is 8. The molecule has 0 saturated heterocycles.